The van der Waals surface area contributed by atoms with Crippen LogP contribution in [0.5, 0.6) is 0 Å². The summed E-state index contributed by atoms with van der Waals surface area (Å²) in [6.07, 6.45) is 2.01. The Hall–Kier alpha value is -0.760. The largest absolute Gasteiger partial charge is 0.311 e. The van der Waals surface area contributed by atoms with E-state index in [-0.39, 0.29) is 0 Å². The predicted molar refractivity (Wildman–Crippen MR) is 85.8 cm³/mol. The van der Waals surface area contributed by atoms with Crippen LogP contribution < -0.4 is 5.32 Å². The molecular weight excluding hydrogens is 338 g/mol. The van der Waals surface area contributed by atoms with Gasteiger partial charge >= 0.3 is 0 Å². The lowest BCUT2D eigenvalue weighted by Gasteiger charge is -2.15. The molecule has 110 valence electrons. The van der Waals surface area contributed by atoms with E-state index in [2.05, 4.69) is 61.9 Å². The monoisotopic (exact) mass is 357 g/mol. The minimum atomic E-state index is 0.787. The summed E-state index contributed by atoms with van der Waals surface area (Å²) in [5.74, 6) is 0. The second-order valence-corrected chi connectivity index (χ2v) is 7.04. The zero-order valence-electron chi connectivity index (χ0n) is 11.8. The number of hydrogen-bond donors (Lipinski definition) is 1. The minimum absolute atomic E-state index is 0.787. The summed E-state index contributed by atoms with van der Waals surface area (Å²) in [5.41, 5.74) is 2.34. The minimum Gasteiger partial charge on any atom is -0.311 e. The van der Waals surface area contributed by atoms with E-state index in [1.165, 1.54) is 9.35 Å². The fourth-order valence-corrected chi connectivity index (χ4v) is 3.07. The Morgan fingerprint density at radius 1 is 1.50 bits per heavy atom. The van der Waals surface area contributed by atoms with Gasteiger partial charge in [-0.15, -0.1) is 16.4 Å². The second-order valence-electron chi connectivity index (χ2n) is 4.75. The molecule has 7 heteroatoms. The third kappa shape index (κ3) is 4.97. The van der Waals surface area contributed by atoms with Crippen molar-refractivity contribution in [3.63, 3.8) is 0 Å². The summed E-state index contributed by atoms with van der Waals surface area (Å²) < 4.78 is 3.09. The van der Waals surface area contributed by atoms with Crippen LogP contribution in [-0.2, 0) is 19.6 Å². The molecular formula is C13H20BrN5S. The summed E-state index contributed by atoms with van der Waals surface area (Å²) in [7, 11) is 2.13. The highest BCUT2D eigenvalue weighted by Gasteiger charge is 2.04. The zero-order chi connectivity index (χ0) is 14.4. The molecule has 0 saturated heterocycles. The van der Waals surface area contributed by atoms with E-state index in [4.69, 9.17) is 0 Å². The lowest BCUT2D eigenvalue weighted by molar-refractivity contribution is 0.304. The maximum absolute atomic E-state index is 4.15. The standard InChI is InChI=1S/C13H20BrN5S/c1-3-15-7-12-9-19(17-16-12)5-4-18(2)8-11-6-13(14)20-10-11/h6,9-10,15H,3-5,7-8H2,1-2H3. The summed E-state index contributed by atoms with van der Waals surface area (Å²) >= 11 is 5.22. The molecule has 0 radical (unpaired) electrons. The van der Waals surface area contributed by atoms with Gasteiger partial charge < -0.3 is 10.2 Å². The van der Waals surface area contributed by atoms with Crippen molar-refractivity contribution in [1.29, 1.82) is 0 Å². The van der Waals surface area contributed by atoms with E-state index in [0.717, 1.165) is 38.4 Å². The van der Waals surface area contributed by atoms with Crippen molar-refractivity contribution in [3.8, 4) is 0 Å². The number of likely N-dealkylation sites (N-methyl/N-ethyl adjacent to an activating group) is 1. The number of nitrogens with zero attached hydrogens (tertiary/aromatic N) is 4. The summed E-state index contributed by atoms with van der Waals surface area (Å²) in [6.45, 7) is 6.60. The van der Waals surface area contributed by atoms with Crippen molar-refractivity contribution in [3.05, 3.63) is 32.7 Å². The van der Waals surface area contributed by atoms with Crippen LogP contribution in [0.2, 0.25) is 0 Å². The van der Waals surface area contributed by atoms with Crippen LogP contribution in [0.3, 0.4) is 0 Å². The predicted octanol–water partition coefficient (Wildman–Crippen LogP) is 2.34. The summed E-state index contributed by atoms with van der Waals surface area (Å²) in [4.78, 5) is 2.29. The Morgan fingerprint density at radius 2 is 2.35 bits per heavy atom. The molecule has 1 N–H and O–H groups in total. The molecule has 0 saturated carbocycles. The van der Waals surface area contributed by atoms with Crippen LogP contribution in [0.4, 0.5) is 0 Å². The van der Waals surface area contributed by atoms with E-state index in [0.29, 0.717) is 0 Å². The van der Waals surface area contributed by atoms with E-state index < -0.39 is 0 Å². The van der Waals surface area contributed by atoms with Gasteiger partial charge in [-0.25, -0.2) is 0 Å². The maximum Gasteiger partial charge on any atom is 0.0964 e. The number of nitrogens with one attached hydrogen (secondary N) is 1. The maximum atomic E-state index is 4.15. The molecule has 0 bridgehead atoms. The average Bonchev–Trinajstić information content (AvgIpc) is 3.03. The Bertz CT molecular complexity index is 524. The van der Waals surface area contributed by atoms with Gasteiger partial charge in [0, 0.05) is 25.8 Å². The van der Waals surface area contributed by atoms with Crippen molar-refractivity contribution in [2.24, 2.45) is 0 Å². The van der Waals surface area contributed by atoms with Crippen LogP contribution in [-0.4, -0.2) is 40.0 Å². The first-order valence-corrected chi connectivity index (χ1v) is 8.36. The zero-order valence-corrected chi connectivity index (χ0v) is 14.2. The van der Waals surface area contributed by atoms with Crippen molar-refractivity contribution in [2.75, 3.05) is 20.1 Å². The molecule has 0 atom stereocenters. The molecule has 2 aromatic rings. The van der Waals surface area contributed by atoms with Crippen LogP contribution in [0.15, 0.2) is 21.4 Å². The molecule has 0 aromatic carbocycles. The van der Waals surface area contributed by atoms with Gasteiger partial charge in [0.25, 0.3) is 0 Å². The topological polar surface area (TPSA) is 46.0 Å². The van der Waals surface area contributed by atoms with Crippen molar-refractivity contribution >= 4 is 27.3 Å². The first kappa shape index (κ1) is 15.6. The molecule has 2 heterocycles. The molecule has 0 aliphatic heterocycles. The molecule has 0 spiro atoms. The number of halogens is 1. The lowest BCUT2D eigenvalue weighted by atomic mass is 10.3. The number of thiophene rings is 1. The molecule has 0 aliphatic carbocycles. The van der Waals surface area contributed by atoms with E-state index in [1.54, 1.807) is 11.3 Å². The molecule has 0 aliphatic rings. The number of rotatable bonds is 8. The second kappa shape index (κ2) is 7.87. The van der Waals surface area contributed by atoms with E-state index >= 15 is 0 Å². The molecule has 0 fully saturated rings. The van der Waals surface area contributed by atoms with Gasteiger partial charge in [0.15, 0.2) is 0 Å². The smallest absolute Gasteiger partial charge is 0.0964 e. The SMILES string of the molecule is CCNCc1cn(CCN(C)Cc2csc(Br)c2)nn1. The highest BCUT2D eigenvalue weighted by Crippen LogP contribution is 2.21. The molecule has 2 aromatic heterocycles. The first-order chi connectivity index (χ1) is 9.67. The van der Waals surface area contributed by atoms with Gasteiger partial charge in [-0.2, -0.15) is 0 Å². The van der Waals surface area contributed by atoms with Gasteiger partial charge in [-0.3, -0.25) is 4.68 Å². The highest BCUT2D eigenvalue weighted by atomic mass is 79.9. The molecule has 20 heavy (non-hydrogen) atoms. The quantitative estimate of drug-likeness (QED) is 0.787. The average molecular weight is 358 g/mol. The first-order valence-electron chi connectivity index (χ1n) is 6.68. The van der Waals surface area contributed by atoms with Gasteiger partial charge in [0.05, 0.1) is 16.0 Å². The van der Waals surface area contributed by atoms with Gasteiger partial charge in [-0.05, 0) is 46.5 Å². The molecule has 5 nitrogen and oxygen atoms in total. The fraction of sp³-hybridized carbons (Fsp3) is 0.538. The molecule has 2 rings (SSSR count). The molecule has 0 unspecified atom stereocenters. The van der Waals surface area contributed by atoms with Crippen LogP contribution in [0, 0.1) is 0 Å². The number of hydrogen-bond acceptors (Lipinski definition) is 5. The van der Waals surface area contributed by atoms with Gasteiger partial charge in [0.1, 0.15) is 0 Å². The number of aromatic nitrogens is 3. The van der Waals surface area contributed by atoms with E-state index in [9.17, 15) is 0 Å². The lowest BCUT2D eigenvalue weighted by Crippen LogP contribution is -2.22. The highest BCUT2D eigenvalue weighted by molar-refractivity contribution is 9.11. The van der Waals surface area contributed by atoms with E-state index in [1.807, 2.05) is 10.9 Å². The van der Waals surface area contributed by atoms with Crippen molar-refractivity contribution in [2.45, 2.75) is 26.6 Å². The van der Waals surface area contributed by atoms with Gasteiger partial charge in [0.2, 0.25) is 0 Å². The van der Waals surface area contributed by atoms with Crippen LogP contribution >= 0.6 is 27.3 Å². The van der Waals surface area contributed by atoms with Crippen molar-refractivity contribution in [1.82, 2.24) is 25.2 Å². The Kier molecular flexibility index (Phi) is 6.15. The third-order valence-corrected chi connectivity index (χ3v) is 4.48. The van der Waals surface area contributed by atoms with Crippen LogP contribution in [0.25, 0.3) is 0 Å². The summed E-state index contributed by atoms with van der Waals surface area (Å²) in [6, 6.07) is 2.17. The van der Waals surface area contributed by atoms with Crippen molar-refractivity contribution < 1.29 is 0 Å². The van der Waals surface area contributed by atoms with Gasteiger partial charge in [-0.1, -0.05) is 12.1 Å². The molecule has 0 amide bonds. The normalized spacial score (nSPS) is 11.4. The Morgan fingerprint density at radius 3 is 3.05 bits per heavy atom. The Balaban J connectivity index is 1.75. The van der Waals surface area contributed by atoms with Crippen LogP contribution in [0.1, 0.15) is 18.2 Å². The third-order valence-electron chi connectivity index (χ3n) is 2.93. The Labute approximate surface area is 132 Å². The fourth-order valence-electron chi connectivity index (χ4n) is 1.87. The summed E-state index contributed by atoms with van der Waals surface area (Å²) in [5, 5.41) is 13.7.